The van der Waals surface area contributed by atoms with Gasteiger partial charge in [0.25, 0.3) is 5.91 Å². The lowest BCUT2D eigenvalue weighted by Crippen LogP contribution is -2.59. The number of aliphatic hydroxyl groups excluding tert-OH is 1. The molecule has 0 saturated carbocycles. The van der Waals surface area contributed by atoms with Gasteiger partial charge in [-0.2, -0.15) is 0 Å². The summed E-state index contributed by atoms with van der Waals surface area (Å²) in [5.74, 6) is -3.61. The highest BCUT2D eigenvalue weighted by Crippen LogP contribution is 2.61. The fourth-order valence-corrected chi connectivity index (χ4v) is 9.51. The monoisotopic (exact) mass is 777 g/mol. The highest BCUT2D eigenvalue weighted by atomic mass is 79.9. The smallest absolute Gasteiger partial charge is 0.313 e. The van der Waals surface area contributed by atoms with Crippen LogP contribution in [0.2, 0.25) is 0 Å². The van der Waals surface area contributed by atoms with Gasteiger partial charge in [0.15, 0.2) is 0 Å². The van der Waals surface area contributed by atoms with Crippen LogP contribution in [0.1, 0.15) is 69.2 Å². The summed E-state index contributed by atoms with van der Waals surface area (Å²) in [6, 6.07) is 12.5. The lowest BCUT2D eigenvalue weighted by molar-refractivity contribution is -0.162. The molecule has 5 rings (SSSR count). The van der Waals surface area contributed by atoms with Crippen LogP contribution in [0, 0.1) is 31.6 Å². The predicted octanol–water partition coefficient (Wildman–Crippen LogP) is 5.73. The minimum atomic E-state index is -1.37. The molecule has 2 aromatic carbocycles. The van der Waals surface area contributed by atoms with Gasteiger partial charge < -0.3 is 29.7 Å². The second kappa shape index (κ2) is 16.5. The number of hydrogen-bond donors (Lipinski definition) is 2. The number of amides is 3. The van der Waals surface area contributed by atoms with E-state index in [2.05, 4.69) is 34.4 Å². The second-order valence-electron chi connectivity index (χ2n) is 14.8. The van der Waals surface area contributed by atoms with Crippen LogP contribution < -0.4 is 10.2 Å². The number of esters is 1. The molecule has 3 amide bonds. The molecular weight excluding hydrogens is 726 g/mol. The molecule has 0 aromatic heterocycles. The van der Waals surface area contributed by atoms with Crippen LogP contribution in [-0.4, -0.2) is 81.5 Å². The van der Waals surface area contributed by atoms with E-state index < -0.39 is 59.6 Å². The van der Waals surface area contributed by atoms with E-state index in [0.29, 0.717) is 24.8 Å². The Morgan fingerprint density at radius 3 is 2.37 bits per heavy atom. The molecule has 52 heavy (non-hydrogen) atoms. The number of aliphatic hydroxyl groups is 1. The number of alkyl halides is 1. The number of rotatable bonds is 16. The lowest BCUT2D eigenvalue weighted by Gasteiger charge is -2.40. The number of nitrogens with one attached hydrogen (secondary N) is 1. The first kappa shape index (κ1) is 39.4. The summed E-state index contributed by atoms with van der Waals surface area (Å²) in [5.41, 5.74) is 1.80. The van der Waals surface area contributed by atoms with Crippen molar-refractivity contribution in [1.82, 2.24) is 10.2 Å². The maximum Gasteiger partial charge on any atom is 0.313 e. The van der Waals surface area contributed by atoms with Gasteiger partial charge in [-0.05, 0) is 62.6 Å². The zero-order valence-corrected chi connectivity index (χ0v) is 32.4. The Labute approximate surface area is 315 Å². The zero-order chi connectivity index (χ0) is 37.9. The van der Waals surface area contributed by atoms with Crippen molar-refractivity contribution in [2.45, 2.75) is 101 Å². The van der Waals surface area contributed by atoms with Crippen LogP contribution in [0.25, 0.3) is 0 Å². The molecule has 280 valence electrons. The second-order valence-corrected chi connectivity index (χ2v) is 16.0. The largest absolute Gasteiger partial charge is 0.455 e. The van der Waals surface area contributed by atoms with Crippen molar-refractivity contribution >= 4 is 45.3 Å². The molecular formula is C41H52BrN3O7. The molecule has 3 fully saturated rings. The van der Waals surface area contributed by atoms with Crippen LogP contribution in [-0.2, 0) is 28.7 Å². The van der Waals surface area contributed by atoms with E-state index >= 15 is 4.79 Å². The number of nitrogens with zero attached hydrogens (tertiary/aromatic N) is 2. The number of hydrogen-bond acceptors (Lipinski definition) is 7. The standard InChI is InChI=1S/C41H52BrN3O7/c1-8-10-19-31(47)43-27(7)35(28-17-12-11-13-18-28)51-40(50)32-33-38(48)45(29(23-46)21-24(3)4)37(41(33)22-30(42)36(32)52-41)39(49)44(20-9-2)34-25(5)15-14-16-26(34)6/h8-9,11-18,24,27,29-30,32-33,35-37,46H,1-2,10,19-23H2,3-7H3,(H,43,47)/t27-,29+,30?,32+,33-,35-,36+,37+,41-/m0/s1. The first-order valence-electron chi connectivity index (χ1n) is 18.2. The summed E-state index contributed by atoms with van der Waals surface area (Å²) in [4.78, 5) is 60.2. The molecule has 1 unspecified atom stereocenters. The Morgan fingerprint density at radius 1 is 1.10 bits per heavy atom. The van der Waals surface area contributed by atoms with E-state index in [1.807, 2.05) is 76.2 Å². The summed E-state index contributed by atoms with van der Waals surface area (Å²) < 4.78 is 13.1. The van der Waals surface area contributed by atoms with Crippen LogP contribution in [0.15, 0.2) is 73.8 Å². The number of benzene rings is 2. The molecule has 3 heterocycles. The number of fused-ring (bicyclic) bond motifs is 1. The number of aryl methyl sites for hydroxylation is 2. The van der Waals surface area contributed by atoms with E-state index in [0.717, 1.165) is 16.8 Å². The summed E-state index contributed by atoms with van der Waals surface area (Å²) in [6.07, 6.45) is 3.19. The van der Waals surface area contributed by atoms with Crippen LogP contribution in [0.5, 0.6) is 0 Å². The van der Waals surface area contributed by atoms with Gasteiger partial charge in [0.05, 0.1) is 36.6 Å². The van der Waals surface area contributed by atoms with Crippen molar-refractivity contribution in [3.63, 3.8) is 0 Å². The van der Waals surface area contributed by atoms with E-state index in [1.54, 1.807) is 24.0 Å². The minimum absolute atomic E-state index is 0.0956. The van der Waals surface area contributed by atoms with Gasteiger partial charge in [0, 0.05) is 23.5 Å². The average molecular weight is 779 g/mol. The molecule has 10 nitrogen and oxygen atoms in total. The third-order valence-corrected chi connectivity index (χ3v) is 11.5. The Kier molecular flexibility index (Phi) is 12.5. The summed E-state index contributed by atoms with van der Waals surface area (Å²) >= 11 is 3.76. The summed E-state index contributed by atoms with van der Waals surface area (Å²) in [5, 5.41) is 13.7. The van der Waals surface area contributed by atoms with Crippen molar-refractivity contribution in [3.05, 3.63) is 90.5 Å². The Balaban J connectivity index is 1.57. The number of ether oxygens (including phenoxy) is 2. The van der Waals surface area contributed by atoms with Crippen molar-refractivity contribution in [2.24, 2.45) is 17.8 Å². The zero-order valence-electron chi connectivity index (χ0n) is 30.8. The quantitative estimate of drug-likeness (QED) is 0.127. The molecule has 11 heteroatoms. The molecule has 2 bridgehead atoms. The minimum Gasteiger partial charge on any atom is -0.455 e. The molecule has 3 aliphatic heterocycles. The van der Waals surface area contributed by atoms with Gasteiger partial charge in [0.2, 0.25) is 11.8 Å². The molecule has 2 aromatic rings. The van der Waals surface area contributed by atoms with Gasteiger partial charge >= 0.3 is 5.97 Å². The van der Waals surface area contributed by atoms with Crippen molar-refractivity contribution in [1.29, 1.82) is 0 Å². The number of anilines is 1. The van der Waals surface area contributed by atoms with Crippen molar-refractivity contribution in [3.8, 4) is 0 Å². The molecule has 2 N–H and O–H groups in total. The Morgan fingerprint density at radius 2 is 1.77 bits per heavy atom. The third-order valence-electron chi connectivity index (χ3n) is 10.7. The van der Waals surface area contributed by atoms with E-state index in [1.165, 1.54) is 4.90 Å². The van der Waals surface area contributed by atoms with E-state index in [9.17, 15) is 19.5 Å². The molecule has 1 spiro atoms. The number of carbonyl (C=O) groups is 4. The van der Waals surface area contributed by atoms with Crippen molar-refractivity contribution in [2.75, 3.05) is 18.1 Å². The molecule has 0 aliphatic carbocycles. The third kappa shape index (κ3) is 7.37. The SMILES string of the molecule is C=CCCC(=O)N[C@@H](C)[C@H](OC(=O)[C@H]1[C@@H]2O[C@@]3(CC2Br)[C@@H]1C(=O)N([C@@H](CO)CC(C)C)[C@@H]3C(=O)N(CC=C)c1c(C)cccc1C)c1ccccc1. The summed E-state index contributed by atoms with van der Waals surface area (Å²) in [6.45, 7) is 17.1. The van der Waals surface area contributed by atoms with Gasteiger partial charge in [-0.15, -0.1) is 13.2 Å². The number of carbonyl (C=O) groups excluding carboxylic acids is 4. The van der Waals surface area contributed by atoms with Gasteiger partial charge in [-0.3, -0.25) is 19.2 Å². The number of likely N-dealkylation sites (tertiary alicyclic amines) is 1. The first-order valence-corrected chi connectivity index (χ1v) is 19.1. The molecule has 3 saturated heterocycles. The number of allylic oxidation sites excluding steroid dienone is 1. The van der Waals surface area contributed by atoms with E-state index in [4.69, 9.17) is 9.47 Å². The maximum atomic E-state index is 15.2. The Bertz CT molecular complexity index is 1650. The number of para-hydroxylation sites is 1. The normalized spacial score (nSPS) is 26.4. The maximum absolute atomic E-state index is 15.2. The lowest BCUT2D eigenvalue weighted by atomic mass is 9.70. The van der Waals surface area contributed by atoms with Crippen LogP contribution >= 0.6 is 15.9 Å². The topological polar surface area (TPSA) is 125 Å². The van der Waals surface area contributed by atoms with Crippen molar-refractivity contribution < 1.29 is 33.8 Å². The van der Waals surface area contributed by atoms with E-state index in [-0.39, 0.29) is 42.1 Å². The fraction of sp³-hybridized carbons (Fsp3) is 0.512. The first-order chi connectivity index (χ1) is 24.8. The summed E-state index contributed by atoms with van der Waals surface area (Å²) in [7, 11) is 0. The van der Waals surface area contributed by atoms with Gasteiger partial charge in [0.1, 0.15) is 17.7 Å². The number of halogens is 1. The predicted molar refractivity (Wildman–Crippen MR) is 204 cm³/mol. The highest BCUT2D eigenvalue weighted by Gasteiger charge is 2.77. The molecule has 0 radical (unpaired) electrons. The van der Waals surface area contributed by atoms with Gasteiger partial charge in [-0.1, -0.05) is 90.5 Å². The molecule has 9 atom stereocenters. The average Bonchev–Trinajstić information content (AvgIpc) is 3.71. The van der Waals surface area contributed by atoms with Gasteiger partial charge in [-0.25, -0.2) is 0 Å². The highest BCUT2D eigenvalue weighted by molar-refractivity contribution is 9.09. The molecule has 3 aliphatic rings. The Hall–Kier alpha value is -3.80. The van der Waals surface area contributed by atoms with Crippen LogP contribution in [0.4, 0.5) is 5.69 Å². The fourth-order valence-electron chi connectivity index (χ4n) is 8.57. The van der Waals surface area contributed by atoms with Crippen LogP contribution in [0.3, 0.4) is 0 Å².